The van der Waals surface area contributed by atoms with Crippen LogP contribution in [0.2, 0.25) is 0 Å². The van der Waals surface area contributed by atoms with Crippen LogP contribution in [0.1, 0.15) is 12.6 Å². The average molecular weight is 242 g/mol. The van der Waals surface area contributed by atoms with Crippen LogP contribution in [0.3, 0.4) is 0 Å². The molecule has 1 aromatic carbocycles. The highest BCUT2D eigenvalue weighted by Crippen LogP contribution is 2.16. The van der Waals surface area contributed by atoms with Crippen molar-refractivity contribution in [1.29, 1.82) is 0 Å². The first-order chi connectivity index (χ1) is 8.02. The van der Waals surface area contributed by atoms with Gasteiger partial charge in [0.2, 0.25) is 0 Å². The minimum atomic E-state index is -1.29. The number of aromatic nitrogens is 2. The van der Waals surface area contributed by atoms with E-state index in [9.17, 15) is 18.0 Å². The van der Waals surface area contributed by atoms with E-state index in [1.807, 2.05) is 0 Å². The first kappa shape index (κ1) is 11.5. The van der Waals surface area contributed by atoms with Crippen molar-refractivity contribution in [3.05, 3.63) is 51.7 Å². The van der Waals surface area contributed by atoms with Gasteiger partial charge in [-0.05, 0) is 6.42 Å². The lowest BCUT2D eigenvalue weighted by atomic mass is 10.3. The summed E-state index contributed by atoms with van der Waals surface area (Å²) in [5.41, 5.74) is -0.278. The lowest BCUT2D eigenvalue weighted by molar-refractivity contribution is 0.491. The van der Waals surface area contributed by atoms with Crippen LogP contribution < -0.4 is 5.56 Å². The minimum absolute atomic E-state index is 0.339. The first-order valence-electron chi connectivity index (χ1n) is 4.98. The third-order valence-corrected chi connectivity index (χ3v) is 2.39. The molecule has 2 rings (SSSR count). The summed E-state index contributed by atoms with van der Waals surface area (Å²) in [6, 6.07) is 2.33. The zero-order chi connectivity index (χ0) is 12.6. The number of aryl methyl sites for hydroxylation is 1. The summed E-state index contributed by atoms with van der Waals surface area (Å²) in [4.78, 5) is 11.5. The molecule has 0 radical (unpaired) electrons. The van der Waals surface area contributed by atoms with Gasteiger partial charge in [0.1, 0.15) is 5.69 Å². The van der Waals surface area contributed by atoms with Crippen molar-refractivity contribution in [1.82, 2.24) is 9.78 Å². The van der Waals surface area contributed by atoms with Crippen LogP contribution in [0.4, 0.5) is 13.2 Å². The number of hydrogen-bond acceptors (Lipinski definition) is 1. The van der Waals surface area contributed by atoms with Crippen LogP contribution in [0.15, 0.2) is 23.0 Å². The second kappa shape index (κ2) is 4.12. The second-order valence-electron chi connectivity index (χ2n) is 3.53. The van der Waals surface area contributed by atoms with Gasteiger partial charge in [0.15, 0.2) is 17.5 Å². The number of halogens is 3. The van der Waals surface area contributed by atoms with Gasteiger partial charge in [-0.3, -0.25) is 9.89 Å². The summed E-state index contributed by atoms with van der Waals surface area (Å²) >= 11 is 0. The Morgan fingerprint density at radius 1 is 1.12 bits per heavy atom. The van der Waals surface area contributed by atoms with Crippen LogP contribution in [-0.4, -0.2) is 9.78 Å². The molecule has 0 fully saturated rings. The van der Waals surface area contributed by atoms with Crippen molar-refractivity contribution in [2.24, 2.45) is 0 Å². The Bertz CT molecular complexity index is 616. The van der Waals surface area contributed by atoms with E-state index in [-0.39, 0.29) is 5.69 Å². The zero-order valence-corrected chi connectivity index (χ0v) is 8.93. The fourth-order valence-corrected chi connectivity index (χ4v) is 1.49. The highest BCUT2D eigenvalue weighted by atomic mass is 19.2. The quantitative estimate of drug-likeness (QED) is 0.805. The van der Waals surface area contributed by atoms with Crippen molar-refractivity contribution in [3.63, 3.8) is 0 Å². The Balaban J connectivity index is 2.64. The molecule has 0 aliphatic heterocycles. The molecule has 1 N–H and O–H groups in total. The van der Waals surface area contributed by atoms with E-state index in [4.69, 9.17) is 0 Å². The molecule has 0 saturated heterocycles. The maximum absolute atomic E-state index is 13.4. The van der Waals surface area contributed by atoms with Crippen molar-refractivity contribution in [2.75, 3.05) is 0 Å². The Hall–Kier alpha value is -1.98. The second-order valence-corrected chi connectivity index (χ2v) is 3.53. The van der Waals surface area contributed by atoms with Gasteiger partial charge in [-0.25, -0.2) is 17.9 Å². The van der Waals surface area contributed by atoms with Crippen LogP contribution in [0.5, 0.6) is 0 Å². The molecule has 1 aromatic heterocycles. The maximum atomic E-state index is 13.4. The summed E-state index contributed by atoms with van der Waals surface area (Å²) < 4.78 is 40.0. The van der Waals surface area contributed by atoms with Gasteiger partial charge in [-0.2, -0.15) is 0 Å². The van der Waals surface area contributed by atoms with Gasteiger partial charge in [0.25, 0.3) is 5.56 Å². The molecule has 0 aliphatic rings. The van der Waals surface area contributed by atoms with E-state index < -0.39 is 23.0 Å². The average Bonchev–Trinajstić information content (AvgIpc) is 2.65. The number of rotatable bonds is 2. The molecule has 90 valence electrons. The predicted octanol–water partition coefficient (Wildman–Crippen LogP) is 2.15. The van der Waals surface area contributed by atoms with Gasteiger partial charge < -0.3 is 0 Å². The van der Waals surface area contributed by atoms with E-state index in [0.29, 0.717) is 24.2 Å². The van der Waals surface area contributed by atoms with Crippen molar-refractivity contribution in [2.45, 2.75) is 13.3 Å². The molecule has 0 saturated carbocycles. The van der Waals surface area contributed by atoms with E-state index in [2.05, 4.69) is 5.10 Å². The molecule has 6 heteroatoms. The molecule has 0 aliphatic carbocycles. The van der Waals surface area contributed by atoms with Gasteiger partial charge in [-0.1, -0.05) is 6.92 Å². The van der Waals surface area contributed by atoms with Crippen LogP contribution in [0, 0.1) is 17.5 Å². The fraction of sp³-hybridized carbons (Fsp3) is 0.182. The monoisotopic (exact) mass is 242 g/mol. The van der Waals surface area contributed by atoms with E-state index in [1.54, 1.807) is 6.92 Å². The lowest BCUT2D eigenvalue weighted by Crippen LogP contribution is -2.15. The predicted molar refractivity (Wildman–Crippen MR) is 55.6 cm³/mol. The summed E-state index contributed by atoms with van der Waals surface area (Å²) in [6.45, 7) is 1.80. The summed E-state index contributed by atoms with van der Waals surface area (Å²) in [5.74, 6) is -3.50. The smallest absolute Gasteiger partial charge is 0.271 e. The van der Waals surface area contributed by atoms with Gasteiger partial charge in [-0.15, -0.1) is 0 Å². The molecule has 0 bridgehead atoms. The number of nitrogens with one attached hydrogen (secondary N) is 1. The fourth-order valence-electron chi connectivity index (χ4n) is 1.49. The standard InChI is InChI=1S/C11H9F3N2O/c1-2-6-3-11(17)16(15-6)10-5-8(13)7(12)4-9(10)14/h3-5,15H,2H2,1H3. The van der Waals surface area contributed by atoms with Crippen LogP contribution in [-0.2, 0) is 6.42 Å². The van der Waals surface area contributed by atoms with Crippen molar-refractivity contribution in [3.8, 4) is 5.69 Å². The van der Waals surface area contributed by atoms with Crippen LogP contribution >= 0.6 is 0 Å². The van der Waals surface area contributed by atoms with E-state index >= 15 is 0 Å². The molecule has 0 atom stereocenters. The molecular weight excluding hydrogens is 233 g/mol. The van der Waals surface area contributed by atoms with E-state index in [1.165, 1.54) is 6.07 Å². The van der Waals surface area contributed by atoms with Crippen molar-refractivity contribution >= 4 is 0 Å². The lowest BCUT2D eigenvalue weighted by Gasteiger charge is -2.04. The van der Waals surface area contributed by atoms with Crippen molar-refractivity contribution < 1.29 is 13.2 Å². The number of H-pyrrole nitrogens is 1. The number of nitrogens with zero attached hydrogens (tertiary/aromatic N) is 1. The molecule has 0 amide bonds. The normalized spacial score (nSPS) is 10.8. The summed E-state index contributed by atoms with van der Waals surface area (Å²) in [6.07, 6.45) is 0.549. The Morgan fingerprint density at radius 3 is 2.35 bits per heavy atom. The molecule has 0 spiro atoms. The van der Waals surface area contributed by atoms with Crippen LogP contribution in [0.25, 0.3) is 5.69 Å². The highest BCUT2D eigenvalue weighted by Gasteiger charge is 2.13. The molecular formula is C11H9F3N2O. The highest BCUT2D eigenvalue weighted by molar-refractivity contribution is 5.34. The molecule has 0 unspecified atom stereocenters. The largest absolute Gasteiger partial charge is 0.295 e. The summed E-state index contributed by atoms with van der Waals surface area (Å²) in [5, 5.41) is 2.61. The Morgan fingerprint density at radius 2 is 1.76 bits per heavy atom. The topological polar surface area (TPSA) is 37.8 Å². The molecule has 1 heterocycles. The maximum Gasteiger partial charge on any atom is 0.271 e. The van der Waals surface area contributed by atoms with Gasteiger partial charge >= 0.3 is 0 Å². The van der Waals surface area contributed by atoms with Gasteiger partial charge in [0.05, 0.1) is 0 Å². The number of hydrogen-bond donors (Lipinski definition) is 1. The van der Waals surface area contributed by atoms with E-state index in [0.717, 1.165) is 4.68 Å². The molecule has 2 aromatic rings. The molecule has 17 heavy (non-hydrogen) atoms. The third kappa shape index (κ3) is 1.98. The zero-order valence-electron chi connectivity index (χ0n) is 8.93. The Kier molecular flexibility index (Phi) is 2.79. The molecule has 3 nitrogen and oxygen atoms in total. The summed E-state index contributed by atoms with van der Waals surface area (Å²) in [7, 11) is 0. The first-order valence-corrected chi connectivity index (χ1v) is 4.98. The third-order valence-electron chi connectivity index (χ3n) is 2.39. The van der Waals surface area contributed by atoms with Gasteiger partial charge in [0, 0.05) is 23.9 Å². The minimum Gasteiger partial charge on any atom is -0.295 e. The number of aromatic amines is 1. The number of benzene rings is 1. The SMILES string of the molecule is CCc1cc(=O)n(-c2cc(F)c(F)cc2F)[nH]1. The Labute approximate surface area is 94.5 Å².